The van der Waals surface area contributed by atoms with Gasteiger partial charge in [-0.2, -0.15) is 0 Å². The highest BCUT2D eigenvalue weighted by Crippen LogP contribution is 2.34. The van der Waals surface area contributed by atoms with Crippen LogP contribution in [-0.4, -0.2) is 30.5 Å². The summed E-state index contributed by atoms with van der Waals surface area (Å²) in [4.78, 5) is 13.4. The molecule has 1 aromatic rings. The number of hydrogen-bond donors (Lipinski definition) is 0. The molecular weight excluding hydrogens is 280 g/mol. The summed E-state index contributed by atoms with van der Waals surface area (Å²) in [5.74, 6) is 0. The molecule has 0 aliphatic carbocycles. The number of rotatable bonds is 5. The second kappa shape index (κ2) is 5.58. The van der Waals surface area contributed by atoms with E-state index in [1.165, 1.54) is 11.3 Å². The normalized spacial score (nSPS) is 10.9. The molecule has 1 aromatic heterocycles. The van der Waals surface area contributed by atoms with E-state index in [0.29, 0.717) is 4.47 Å². The van der Waals surface area contributed by atoms with Gasteiger partial charge in [0.1, 0.15) is 4.47 Å². The van der Waals surface area contributed by atoms with Gasteiger partial charge in [-0.3, -0.25) is 10.1 Å². The van der Waals surface area contributed by atoms with Crippen LogP contribution in [0.25, 0.3) is 0 Å². The summed E-state index contributed by atoms with van der Waals surface area (Å²) in [5.41, 5.74) is 0. The number of halogens is 1. The van der Waals surface area contributed by atoms with Crippen molar-refractivity contribution in [2.45, 2.75) is 12.8 Å². The molecule has 0 atom stereocenters. The fourth-order valence-electron chi connectivity index (χ4n) is 1.22. The first-order valence-corrected chi connectivity index (χ1v) is 6.19. The van der Waals surface area contributed by atoms with E-state index < -0.39 is 0 Å². The largest absolute Gasteiger partial charge is 0.338 e. The van der Waals surface area contributed by atoms with Crippen molar-refractivity contribution < 1.29 is 4.92 Å². The van der Waals surface area contributed by atoms with E-state index in [1.807, 2.05) is 20.2 Å². The van der Waals surface area contributed by atoms with Gasteiger partial charge in [0.15, 0.2) is 0 Å². The molecule has 0 N–H and O–H groups in total. The summed E-state index contributed by atoms with van der Waals surface area (Å²) in [6, 6.07) is 1.85. The molecule has 84 valence electrons. The Kier molecular flexibility index (Phi) is 4.69. The van der Waals surface area contributed by atoms with Gasteiger partial charge in [0.25, 0.3) is 0 Å². The van der Waals surface area contributed by atoms with Crippen LogP contribution in [0.2, 0.25) is 0 Å². The Hall–Kier alpha value is -0.460. The molecule has 0 spiro atoms. The minimum atomic E-state index is -0.343. The lowest BCUT2D eigenvalue weighted by Crippen LogP contribution is -2.13. The number of nitro groups is 1. The fraction of sp³-hybridized carbons (Fsp3) is 0.556. The molecule has 0 unspecified atom stereocenters. The maximum Gasteiger partial charge on any atom is 0.338 e. The van der Waals surface area contributed by atoms with Crippen LogP contribution in [0, 0.1) is 10.1 Å². The van der Waals surface area contributed by atoms with E-state index in [0.717, 1.165) is 24.3 Å². The van der Waals surface area contributed by atoms with Gasteiger partial charge >= 0.3 is 5.00 Å². The Bertz CT molecular complexity index is 352. The lowest BCUT2D eigenvalue weighted by atomic mass is 10.2. The van der Waals surface area contributed by atoms with E-state index in [1.54, 1.807) is 0 Å². The average molecular weight is 293 g/mol. The molecular formula is C9H13BrN2O2S. The van der Waals surface area contributed by atoms with Gasteiger partial charge in [0, 0.05) is 4.88 Å². The first-order valence-electron chi connectivity index (χ1n) is 4.58. The van der Waals surface area contributed by atoms with Crippen molar-refractivity contribution in [1.29, 1.82) is 0 Å². The van der Waals surface area contributed by atoms with Crippen LogP contribution in [0.4, 0.5) is 5.00 Å². The number of hydrogen-bond acceptors (Lipinski definition) is 4. The van der Waals surface area contributed by atoms with Gasteiger partial charge in [0.2, 0.25) is 0 Å². The molecule has 0 aromatic carbocycles. The van der Waals surface area contributed by atoms with Crippen molar-refractivity contribution in [3.63, 3.8) is 0 Å². The zero-order valence-electron chi connectivity index (χ0n) is 8.70. The summed E-state index contributed by atoms with van der Waals surface area (Å²) >= 11 is 4.45. The van der Waals surface area contributed by atoms with Gasteiger partial charge < -0.3 is 4.90 Å². The van der Waals surface area contributed by atoms with Crippen molar-refractivity contribution in [3.05, 3.63) is 25.5 Å². The van der Waals surface area contributed by atoms with Crippen molar-refractivity contribution in [2.24, 2.45) is 0 Å². The monoisotopic (exact) mass is 292 g/mol. The van der Waals surface area contributed by atoms with Crippen molar-refractivity contribution in [1.82, 2.24) is 4.90 Å². The summed E-state index contributed by atoms with van der Waals surface area (Å²) in [7, 11) is 4.04. The maximum absolute atomic E-state index is 10.6. The minimum absolute atomic E-state index is 0.204. The second-order valence-electron chi connectivity index (χ2n) is 3.53. The summed E-state index contributed by atoms with van der Waals surface area (Å²) in [5, 5.41) is 10.8. The number of aryl methyl sites for hydroxylation is 1. The fourth-order valence-corrected chi connectivity index (χ4v) is 2.94. The molecule has 15 heavy (non-hydrogen) atoms. The first-order chi connectivity index (χ1) is 7.00. The Balaban J connectivity index is 2.56. The number of nitrogens with zero attached hydrogens (tertiary/aromatic N) is 2. The van der Waals surface area contributed by atoms with E-state index in [9.17, 15) is 10.1 Å². The predicted molar refractivity (Wildman–Crippen MR) is 65.5 cm³/mol. The van der Waals surface area contributed by atoms with Crippen LogP contribution >= 0.6 is 27.3 Å². The molecule has 6 heteroatoms. The lowest BCUT2D eigenvalue weighted by Gasteiger charge is -2.07. The maximum atomic E-state index is 10.6. The van der Waals surface area contributed by atoms with Gasteiger partial charge in [-0.25, -0.2) is 0 Å². The quantitative estimate of drug-likeness (QED) is 0.619. The summed E-state index contributed by atoms with van der Waals surface area (Å²) < 4.78 is 0.595. The van der Waals surface area contributed by atoms with Gasteiger partial charge in [-0.05, 0) is 55.5 Å². The minimum Gasteiger partial charge on any atom is -0.309 e. The van der Waals surface area contributed by atoms with Crippen LogP contribution in [0.5, 0.6) is 0 Å². The van der Waals surface area contributed by atoms with Crippen LogP contribution < -0.4 is 0 Å². The van der Waals surface area contributed by atoms with Crippen LogP contribution in [0.1, 0.15) is 11.3 Å². The standard InChI is InChI=1S/C9H13BrN2O2S/c1-11(2)5-3-4-7-6-8(10)9(15-7)12(13)14/h6H,3-5H2,1-2H3. The first kappa shape index (κ1) is 12.6. The molecule has 1 heterocycles. The highest BCUT2D eigenvalue weighted by Gasteiger charge is 2.16. The molecule has 0 saturated carbocycles. The van der Waals surface area contributed by atoms with Crippen molar-refractivity contribution >= 4 is 32.3 Å². The third kappa shape index (κ3) is 3.89. The van der Waals surface area contributed by atoms with E-state index in [2.05, 4.69) is 20.8 Å². The molecule has 4 nitrogen and oxygen atoms in total. The van der Waals surface area contributed by atoms with E-state index in [-0.39, 0.29) is 9.92 Å². The summed E-state index contributed by atoms with van der Waals surface area (Å²) in [6.45, 7) is 1.00. The molecule has 0 fully saturated rings. The smallest absolute Gasteiger partial charge is 0.309 e. The second-order valence-corrected chi connectivity index (χ2v) is 5.50. The Labute approximate surface area is 101 Å². The lowest BCUT2D eigenvalue weighted by molar-refractivity contribution is -0.380. The highest BCUT2D eigenvalue weighted by atomic mass is 79.9. The third-order valence-corrected chi connectivity index (χ3v) is 3.93. The Morgan fingerprint density at radius 3 is 2.73 bits per heavy atom. The van der Waals surface area contributed by atoms with Crippen LogP contribution in [0.3, 0.4) is 0 Å². The van der Waals surface area contributed by atoms with Crippen LogP contribution in [0.15, 0.2) is 10.5 Å². The molecule has 0 amide bonds. The van der Waals surface area contributed by atoms with Gasteiger partial charge in [-0.1, -0.05) is 11.3 Å². The molecule has 0 aliphatic rings. The molecule has 0 aliphatic heterocycles. The molecule has 0 saturated heterocycles. The number of thiophene rings is 1. The average Bonchev–Trinajstić information content (AvgIpc) is 2.46. The molecule has 0 bridgehead atoms. The van der Waals surface area contributed by atoms with E-state index in [4.69, 9.17) is 0 Å². The topological polar surface area (TPSA) is 46.4 Å². The Morgan fingerprint density at radius 1 is 1.60 bits per heavy atom. The van der Waals surface area contributed by atoms with Crippen molar-refractivity contribution in [3.8, 4) is 0 Å². The summed E-state index contributed by atoms with van der Waals surface area (Å²) in [6.07, 6.45) is 1.92. The van der Waals surface area contributed by atoms with E-state index >= 15 is 0 Å². The highest BCUT2D eigenvalue weighted by molar-refractivity contribution is 9.10. The Morgan fingerprint density at radius 2 is 2.27 bits per heavy atom. The van der Waals surface area contributed by atoms with Crippen molar-refractivity contribution in [2.75, 3.05) is 20.6 Å². The third-order valence-electron chi connectivity index (χ3n) is 1.91. The SMILES string of the molecule is CN(C)CCCc1cc(Br)c([N+](=O)[O-])s1. The van der Waals surface area contributed by atoms with Gasteiger partial charge in [-0.15, -0.1) is 0 Å². The zero-order chi connectivity index (χ0) is 11.4. The van der Waals surface area contributed by atoms with Gasteiger partial charge in [0.05, 0.1) is 4.92 Å². The molecule has 0 radical (unpaired) electrons. The molecule has 1 rings (SSSR count). The van der Waals surface area contributed by atoms with Crippen LogP contribution in [-0.2, 0) is 6.42 Å². The predicted octanol–water partition coefficient (Wildman–Crippen LogP) is 2.91. The zero-order valence-corrected chi connectivity index (χ0v) is 11.1.